The van der Waals surface area contributed by atoms with E-state index in [0.29, 0.717) is 25.1 Å². The number of rotatable bonds is 9. The van der Waals surface area contributed by atoms with Gasteiger partial charge in [0.1, 0.15) is 6.04 Å². The predicted octanol–water partition coefficient (Wildman–Crippen LogP) is -0.323. The van der Waals surface area contributed by atoms with Crippen LogP contribution >= 0.6 is 0 Å². The first-order valence-corrected chi connectivity index (χ1v) is 9.71. The lowest BCUT2D eigenvalue weighted by Gasteiger charge is -2.46. The molecule has 3 saturated heterocycles. The zero-order valence-corrected chi connectivity index (χ0v) is 15.5. The Bertz CT molecular complexity index is 561. The molecule has 7 nitrogen and oxygen atoms in total. The summed E-state index contributed by atoms with van der Waals surface area (Å²) in [5, 5.41) is 11.6. The zero-order valence-electron chi connectivity index (χ0n) is 15.5. The van der Waals surface area contributed by atoms with Gasteiger partial charge in [-0.2, -0.15) is 0 Å². The van der Waals surface area contributed by atoms with Crippen LogP contribution in [0.5, 0.6) is 0 Å². The molecular weight excluding hydrogens is 318 g/mol. The Labute approximate surface area is 150 Å². The number of hydrogen-bond acceptors (Lipinski definition) is 4. The fraction of sp³-hybridized carbons (Fsp3) is 0.833. The fourth-order valence-electron chi connectivity index (χ4n) is 4.35. The fourth-order valence-corrected chi connectivity index (χ4v) is 4.35. The first-order chi connectivity index (χ1) is 12.2. The van der Waals surface area contributed by atoms with Gasteiger partial charge in [-0.3, -0.25) is 4.79 Å². The van der Waals surface area contributed by atoms with Crippen molar-refractivity contribution < 1.29 is 14.4 Å². The molecular formula is C18H32N5O2+. The van der Waals surface area contributed by atoms with Crippen LogP contribution in [0.25, 0.3) is 0 Å². The van der Waals surface area contributed by atoms with Gasteiger partial charge in [0.25, 0.3) is 0 Å². The predicted molar refractivity (Wildman–Crippen MR) is 94.2 cm³/mol. The summed E-state index contributed by atoms with van der Waals surface area (Å²) in [6.07, 6.45) is 7.75. The van der Waals surface area contributed by atoms with Crippen molar-refractivity contribution in [3.8, 4) is 0 Å². The van der Waals surface area contributed by atoms with E-state index in [1.165, 1.54) is 19.4 Å². The summed E-state index contributed by atoms with van der Waals surface area (Å²) in [4.78, 5) is 14.0. The van der Waals surface area contributed by atoms with Crippen molar-refractivity contribution in [2.75, 3.05) is 33.4 Å². The summed E-state index contributed by atoms with van der Waals surface area (Å²) in [7, 11) is 1.66. The van der Waals surface area contributed by atoms with Crippen LogP contribution in [0.3, 0.4) is 0 Å². The van der Waals surface area contributed by atoms with Gasteiger partial charge < -0.3 is 15.0 Å². The summed E-state index contributed by atoms with van der Waals surface area (Å²) in [5.74, 6) is 0.876. The second-order valence-corrected chi connectivity index (χ2v) is 7.52. The molecule has 4 rings (SSSR count). The van der Waals surface area contributed by atoms with E-state index in [9.17, 15) is 4.79 Å². The molecule has 3 fully saturated rings. The van der Waals surface area contributed by atoms with Gasteiger partial charge in [-0.15, -0.1) is 5.10 Å². The van der Waals surface area contributed by atoms with Crippen molar-refractivity contribution >= 4 is 5.91 Å². The molecule has 3 aliphatic heterocycles. The molecule has 1 aromatic heterocycles. The van der Waals surface area contributed by atoms with E-state index >= 15 is 0 Å². The van der Waals surface area contributed by atoms with Crippen molar-refractivity contribution in [3.63, 3.8) is 0 Å². The number of unbranched alkanes of at least 4 members (excludes halogenated alkanes) is 1. The van der Waals surface area contributed by atoms with Crippen LogP contribution in [-0.4, -0.2) is 60.3 Å². The average Bonchev–Trinajstić information content (AvgIpc) is 3.08. The van der Waals surface area contributed by atoms with Crippen LogP contribution in [0.2, 0.25) is 0 Å². The highest BCUT2D eigenvalue weighted by atomic mass is 16.5. The third kappa shape index (κ3) is 4.58. The zero-order chi connectivity index (χ0) is 17.6. The van der Waals surface area contributed by atoms with Gasteiger partial charge in [0.15, 0.2) is 0 Å². The standard InChI is InChI=1S/C18H31N5O2/c1-3-4-5-15-11-23(21-20-15)12-16-10-14-6-8-22(16)13-17(14)18(24)19-7-9-25-2/h11,14,16-17H,3-10,12-13H2,1-2H3,(H,19,24)/p+1/t14-,16+,17-/m0/s1. The van der Waals surface area contributed by atoms with Gasteiger partial charge in [-0.1, -0.05) is 18.6 Å². The molecule has 0 saturated carbocycles. The summed E-state index contributed by atoms with van der Waals surface area (Å²) < 4.78 is 7.03. The normalized spacial score (nSPS) is 28.2. The minimum atomic E-state index is 0.160. The number of methoxy groups -OCH3 is 1. The molecule has 4 atom stereocenters. The quantitative estimate of drug-likeness (QED) is 0.599. The second-order valence-electron chi connectivity index (χ2n) is 7.52. The Balaban J connectivity index is 1.52. The van der Waals surface area contributed by atoms with Crippen molar-refractivity contribution in [2.24, 2.45) is 11.8 Å². The number of hydrogen-bond donors (Lipinski definition) is 2. The number of quaternary nitrogens is 1. The van der Waals surface area contributed by atoms with Crippen molar-refractivity contribution in [1.29, 1.82) is 0 Å². The number of aromatic nitrogens is 3. The van der Waals surface area contributed by atoms with Crippen molar-refractivity contribution in [2.45, 2.75) is 51.6 Å². The highest BCUT2D eigenvalue weighted by Crippen LogP contribution is 2.27. The number of fused-ring (bicyclic) bond motifs is 3. The Morgan fingerprint density at radius 3 is 3.12 bits per heavy atom. The SMILES string of the molecule is CCCCc1cn(C[C@H]2C[C@@H]3CC[NH+]2C[C@@H]3C(=O)NCCOC)nn1. The number of ether oxygens (including phenoxy) is 1. The molecule has 0 radical (unpaired) electrons. The number of aryl methyl sites for hydroxylation is 1. The third-order valence-corrected chi connectivity index (χ3v) is 5.77. The number of nitrogens with one attached hydrogen (secondary N) is 2. The first-order valence-electron chi connectivity index (χ1n) is 9.71. The molecule has 2 N–H and O–H groups in total. The monoisotopic (exact) mass is 350 g/mol. The lowest BCUT2D eigenvalue weighted by molar-refractivity contribution is -0.945. The number of nitrogens with zero attached hydrogens (tertiary/aromatic N) is 3. The molecule has 7 heteroatoms. The van der Waals surface area contributed by atoms with E-state index in [1.807, 2.05) is 4.68 Å². The Hall–Kier alpha value is -1.47. The maximum atomic E-state index is 12.4. The maximum Gasteiger partial charge on any atom is 0.229 e. The highest BCUT2D eigenvalue weighted by molar-refractivity contribution is 5.79. The van der Waals surface area contributed by atoms with E-state index in [2.05, 4.69) is 28.7 Å². The Morgan fingerprint density at radius 1 is 1.52 bits per heavy atom. The number of carbonyl (C=O) groups excluding carboxylic acids is 1. The number of piperidine rings is 3. The Kier molecular flexibility index (Phi) is 6.42. The summed E-state index contributed by atoms with van der Waals surface area (Å²) >= 11 is 0. The van der Waals surface area contributed by atoms with E-state index in [-0.39, 0.29) is 11.8 Å². The summed E-state index contributed by atoms with van der Waals surface area (Å²) in [6, 6.07) is 0.558. The minimum absolute atomic E-state index is 0.160. The number of amides is 1. The van der Waals surface area contributed by atoms with Crippen LogP contribution in [-0.2, 0) is 22.5 Å². The molecule has 140 valence electrons. The van der Waals surface area contributed by atoms with Crippen LogP contribution in [0, 0.1) is 11.8 Å². The molecule has 1 amide bonds. The van der Waals surface area contributed by atoms with Crippen molar-refractivity contribution in [1.82, 2.24) is 20.3 Å². The van der Waals surface area contributed by atoms with Crippen LogP contribution < -0.4 is 10.2 Å². The second kappa shape index (κ2) is 8.76. The van der Waals surface area contributed by atoms with Gasteiger partial charge in [-0.05, 0) is 18.8 Å². The van der Waals surface area contributed by atoms with Gasteiger partial charge in [0.2, 0.25) is 5.91 Å². The van der Waals surface area contributed by atoms with Crippen LogP contribution in [0.15, 0.2) is 6.20 Å². The van der Waals surface area contributed by atoms with E-state index in [1.54, 1.807) is 12.0 Å². The maximum absolute atomic E-state index is 12.4. The molecule has 4 heterocycles. The van der Waals surface area contributed by atoms with Gasteiger partial charge in [-0.25, -0.2) is 4.68 Å². The topological polar surface area (TPSA) is 73.5 Å². The summed E-state index contributed by atoms with van der Waals surface area (Å²) in [5.41, 5.74) is 1.10. The molecule has 25 heavy (non-hydrogen) atoms. The molecule has 0 spiro atoms. The summed E-state index contributed by atoms with van der Waals surface area (Å²) in [6.45, 7) is 6.43. The van der Waals surface area contributed by atoms with Crippen LogP contribution in [0.1, 0.15) is 38.3 Å². The smallest absolute Gasteiger partial charge is 0.229 e. The lowest BCUT2D eigenvalue weighted by Crippen LogP contribution is -3.20. The van der Waals surface area contributed by atoms with Crippen molar-refractivity contribution in [3.05, 3.63) is 11.9 Å². The highest BCUT2D eigenvalue weighted by Gasteiger charge is 2.46. The van der Waals surface area contributed by atoms with E-state index in [4.69, 9.17) is 4.74 Å². The average molecular weight is 350 g/mol. The van der Waals surface area contributed by atoms with E-state index < -0.39 is 0 Å². The van der Waals surface area contributed by atoms with Gasteiger partial charge in [0, 0.05) is 32.7 Å². The first kappa shape index (κ1) is 18.3. The molecule has 1 aromatic rings. The molecule has 0 aliphatic carbocycles. The molecule has 0 aromatic carbocycles. The molecule has 2 bridgehead atoms. The minimum Gasteiger partial charge on any atom is -0.383 e. The van der Waals surface area contributed by atoms with E-state index in [0.717, 1.165) is 38.0 Å². The van der Waals surface area contributed by atoms with Crippen LogP contribution in [0.4, 0.5) is 0 Å². The van der Waals surface area contributed by atoms with Gasteiger partial charge >= 0.3 is 0 Å². The Morgan fingerprint density at radius 2 is 2.40 bits per heavy atom. The third-order valence-electron chi connectivity index (χ3n) is 5.77. The molecule has 3 aliphatic rings. The number of carbonyl (C=O) groups is 1. The van der Waals surface area contributed by atoms with Gasteiger partial charge in [0.05, 0.1) is 37.9 Å². The lowest BCUT2D eigenvalue weighted by atomic mass is 9.75. The molecule has 1 unspecified atom stereocenters. The largest absolute Gasteiger partial charge is 0.383 e.